The van der Waals surface area contributed by atoms with Gasteiger partial charge in [-0.05, 0) is 37.6 Å². The Labute approximate surface area is 121 Å². The molecule has 1 aromatic rings. The molecule has 7 heteroatoms. The molecule has 0 aromatic heterocycles. The maximum absolute atomic E-state index is 12.8. The third kappa shape index (κ3) is 4.62. The third-order valence-electron chi connectivity index (χ3n) is 2.95. The molecule has 2 rings (SSSR count). The summed E-state index contributed by atoms with van der Waals surface area (Å²) in [6, 6.07) is 5.69. The van der Waals surface area contributed by atoms with Gasteiger partial charge in [0.05, 0.1) is 12.6 Å². The highest BCUT2D eigenvalue weighted by Gasteiger charge is 2.23. The smallest absolute Gasteiger partial charge is 0.428 e. The molecule has 1 aliphatic heterocycles. The number of halogens is 1. The van der Waals surface area contributed by atoms with Gasteiger partial charge in [-0.15, -0.1) is 0 Å². The summed E-state index contributed by atoms with van der Waals surface area (Å²) < 4.78 is 23.0. The Morgan fingerprint density at radius 3 is 2.81 bits per heavy atom. The summed E-state index contributed by atoms with van der Waals surface area (Å²) in [7, 11) is 0. The number of nitrogens with zero attached hydrogens (tertiary/aromatic N) is 1. The van der Waals surface area contributed by atoms with Crippen LogP contribution in [0, 0.1) is 5.82 Å². The number of cyclic esters (lactones) is 1. The number of amides is 2. The SMILES string of the molecule is CC(CCC(=O)NN1CCOC1=O)Oc1ccc(F)cc1. The van der Waals surface area contributed by atoms with Crippen molar-refractivity contribution in [2.75, 3.05) is 13.2 Å². The summed E-state index contributed by atoms with van der Waals surface area (Å²) in [6.45, 7) is 2.45. The van der Waals surface area contributed by atoms with E-state index in [0.717, 1.165) is 5.01 Å². The predicted molar refractivity (Wildman–Crippen MR) is 71.9 cm³/mol. The van der Waals surface area contributed by atoms with Crippen molar-refractivity contribution in [2.45, 2.75) is 25.9 Å². The van der Waals surface area contributed by atoms with E-state index < -0.39 is 6.09 Å². The molecule has 1 atom stereocenters. The number of benzene rings is 1. The number of nitrogens with one attached hydrogen (secondary N) is 1. The molecular weight excluding hydrogens is 279 g/mol. The summed E-state index contributed by atoms with van der Waals surface area (Å²) >= 11 is 0. The highest BCUT2D eigenvalue weighted by atomic mass is 19.1. The van der Waals surface area contributed by atoms with Gasteiger partial charge in [-0.1, -0.05) is 0 Å². The van der Waals surface area contributed by atoms with Crippen molar-refractivity contribution >= 4 is 12.0 Å². The minimum Gasteiger partial charge on any atom is -0.491 e. The van der Waals surface area contributed by atoms with E-state index in [1.165, 1.54) is 24.3 Å². The molecule has 21 heavy (non-hydrogen) atoms. The van der Waals surface area contributed by atoms with Gasteiger partial charge in [0, 0.05) is 6.42 Å². The van der Waals surface area contributed by atoms with E-state index in [4.69, 9.17) is 9.47 Å². The van der Waals surface area contributed by atoms with Crippen LogP contribution in [0.25, 0.3) is 0 Å². The largest absolute Gasteiger partial charge is 0.491 e. The Morgan fingerprint density at radius 1 is 1.48 bits per heavy atom. The van der Waals surface area contributed by atoms with Gasteiger partial charge in [-0.3, -0.25) is 10.2 Å². The summed E-state index contributed by atoms with van der Waals surface area (Å²) in [5.41, 5.74) is 2.47. The zero-order chi connectivity index (χ0) is 15.2. The van der Waals surface area contributed by atoms with Gasteiger partial charge in [0.2, 0.25) is 5.91 Å². The van der Waals surface area contributed by atoms with Crippen LogP contribution in [-0.2, 0) is 9.53 Å². The van der Waals surface area contributed by atoms with Gasteiger partial charge >= 0.3 is 6.09 Å². The molecule has 1 N–H and O–H groups in total. The van der Waals surface area contributed by atoms with E-state index in [0.29, 0.717) is 18.7 Å². The Bertz CT molecular complexity index is 506. The van der Waals surface area contributed by atoms with Crippen LogP contribution in [0.3, 0.4) is 0 Å². The van der Waals surface area contributed by atoms with Gasteiger partial charge in [-0.25, -0.2) is 14.2 Å². The zero-order valence-corrected chi connectivity index (χ0v) is 11.7. The van der Waals surface area contributed by atoms with E-state index in [9.17, 15) is 14.0 Å². The van der Waals surface area contributed by atoms with E-state index >= 15 is 0 Å². The fourth-order valence-electron chi connectivity index (χ4n) is 1.84. The van der Waals surface area contributed by atoms with Gasteiger partial charge < -0.3 is 9.47 Å². The summed E-state index contributed by atoms with van der Waals surface area (Å²) in [6.07, 6.45) is -0.0520. The normalized spacial score (nSPS) is 15.5. The van der Waals surface area contributed by atoms with E-state index in [1.54, 1.807) is 0 Å². The molecular formula is C14H17FN2O4. The molecule has 0 saturated carbocycles. The second-order valence-electron chi connectivity index (χ2n) is 4.72. The predicted octanol–water partition coefficient (Wildman–Crippen LogP) is 1.86. The summed E-state index contributed by atoms with van der Waals surface area (Å²) in [5.74, 6) is -0.0530. The molecule has 0 spiro atoms. The molecule has 0 bridgehead atoms. The lowest BCUT2D eigenvalue weighted by Gasteiger charge is -2.16. The van der Waals surface area contributed by atoms with Crippen LogP contribution < -0.4 is 10.2 Å². The molecule has 0 radical (unpaired) electrons. The second kappa shape index (κ2) is 6.92. The average Bonchev–Trinajstić information content (AvgIpc) is 2.85. The maximum Gasteiger partial charge on any atom is 0.428 e. The second-order valence-corrected chi connectivity index (χ2v) is 4.72. The van der Waals surface area contributed by atoms with Crippen LogP contribution in [0.4, 0.5) is 9.18 Å². The standard InChI is InChI=1S/C14H17FN2O4/c1-10(21-12-5-3-11(15)4-6-12)2-7-13(18)16-17-8-9-20-14(17)19/h3-6,10H,2,7-9H2,1H3,(H,16,18). The first-order valence-corrected chi connectivity index (χ1v) is 6.70. The lowest BCUT2D eigenvalue weighted by atomic mass is 10.2. The highest BCUT2D eigenvalue weighted by Crippen LogP contribution is 2.14. The average molecular weight is 296 g/mol. The fraction of sp³-hybridized carbons (Fsp3) is 0.429. The molecule has 6 nitrogen and oxygen atoms in total. The molecule has 2 amide bonds. The molecule has 1 unspecified atom stereocenters. The first-order valence-electron chi connectivity index (χ1n) is 6.70. The van der Waals surface area contributed by atoms with Crippen LogP contribution in [-0.4, -0.2) is 36.3 Å². The monoisotopic (exact) mass is 296 g/mol. The molecule has 114 valence electrons. The molecule has 1 fully saturated rings. The van der Waals surface area contributed by atoms with Crippen molar-refractivity contribution in [3.8, 4) is 5.75 Å². The summed E-state index contributed by atoms with van der Waals surface area (Å²) in [5, 5.41) is 1.15. The van der Waals surface area contributed by atoms with Crippen LogP contribution in [0.1, 0.15) is 19.8 Å². The van der Waals surface area contributed by atoms with Crippen molar-refractivity contribution in [3.05, 3.63) is 30.1 Å². The topological polar surface area (TPSA) is 67.9 Å². The Hall–Kier alpha value is -2.31. The number of hydrazine groups is 1. The van der Waals surface area contributed by atoms with Crippen LogP contribution >= 0.6 is 0 Å². The van der Waals surface area contributed by atoms with Crippen molar-refractivity contribution in [1.82, 2.24) is 10.4 Å². The molecule has 0 aliphatic carbocycles. The van der Waals surface area contributed by atoms with E-state index in [1.807, 2.05) is 6.92 Å². The van der Waals surface area contributed by atoms with Crippen LogP contribution in [0.5, 0.6) is 5.75 Å². The number of ether oxygens (including phenoxy) is 2. The maximum atomic E-state index is 12.8. The lowest BCUT2D eigenvalue weighted by molar-refractivity contribution is -0.125. The van der Waals surface area contributed by atoms with Gasteiger partial charge in [0.1, 0.15) is 18.2 Å². The third-order valence-corrected chi connectivity index (χ3v) is 2.95. The number of carbonyl (C=O) groups excluding carboxylic acids is 2. The Morgan fingerprint density at radius 2 is 2.19 bits per heavy atom. The quantitative estimate of drug-likeness (QED) is 0.870. The molecule has 1 saturated heterocycles. The van der Waals surface area contributed by atoms with E-state index in [-0.39, 0.29) is 30.9 Å². The number of hydrogen-bond acceptors (Lipinski definition) is 4. The molecule has 1 aliphatic rings. The first kappa shape index (κ1) is 15.1. The highest BCUT2D eigenvalue weighted by molar-refractivity contribution is 5.79. The van der Waals surface area contributed by atoms with Crippen molar-refractivity contribution in [3.63, 3.8) is 0 Å². The fourth-order valence-corrected chi connectivity index (χ4v) is 1.84. The van der Waals surface area contributed by atoms with Gasteiger partial charge in [0.25, 0.3) is 0 Å². The van der Waals surface area contributed by atoms with Crippen molar-refractivity contribution < 1.29 is 23.5 Å². The van der Waals surface area contributed by atoms with Gasteiger partial charge in [-0.2, -0.15) is 0 Å². The van der Waals surface area contributed by atoms with Gasteiger partial charge in [0.15, 0.2) is 0 Å². The van der Waals surface area contributed by atoms with Crippen LogP contribution in [0.15, 0.2) is 24.3 Å². The number of hydrogen-bond donors (Lipinski definition) is 1. The Balaban J connectivity index is 1.70. The summed E-state index contributed by atoms with van der Waals surface area (Å²) in [4.78, 5) is 22.8. The number of rotatable bonds is 6. The lowest BCUT2D eigenvalue weighted by Crippen LogP contribution is -2.42. The zero-order valence-electron chi connectivity index (χ0n) is 11.7. The van der Waals surface area contributed by atoms with Crippen molar-refractivity contribution in [2.24, 2.45) is 0 Å². The minimum absolute atomic E-state index is 0.202. The molecule has 1 heterocycles. The van der Waals surface area contributed by atoms with E-state index in [2.05, 4.69) is 5.43 Å². The van der Waals surface area contributed by atoms with Crippen LogP contribution in [0.2, 0.25) is 0 Å². The Kier molecular flexibility index (Phi) is 4.97. The first-order chi connectivity index (χ1) is 10.0. The van der Waals surface area contributed by atoms with Crippen molar-refractivity contribution in [1.29, 1.82) is 0 Å². The minimum atomic E-state index is -0.543. The number of carbonyl (C=O) groups is 2. The molecule has 1 aromatic carbocycles.